The Kier molecular flexibility index (Phi) is 5.81. The van der Waals surface area contributed by atoms with Crippen LogP contribution in [0, 0.1) is 9.77 Å². The first-order chi connectivity index (χ1) is 13.9. The molecule has 4 nitrogen and oxygen atoms in total. The lowest BCUT2D eigenvalue weighted by Gasteiger charge is -2.10. The van der Waals surface area contributed by atoms with Crippen molar-refractivity contribution in [3.8, 4) is 5.69 Å². The molecule has 29 heavy (non-hydrogen) atoms. The number of thiazole rings is 1. The average Bonchev–Trinajstić information content (AvgIpc) is 3.02. The van der Waals surface area contributed by atoms with Crippen molar-refractivity contribution < 1.29 is 4.39 Å². The first kappa shape index (κ1) is 20.6. The Bertz CT molecular complexity index is 1330. The van der Waals surface area contributed by atoms with E-state index < -0.39 is 5.82 Å². The van der Waals surface area contributed by atoms with Gasteiger partial charge in [0.05, 0.1) is 0 Å². The smallest absolute Gasteiger partial charge is 0.273 e. The molecule has 10 heteroatoms. The van der Waals surface area contributed by atoms with Gasteiger partial charge in [-0.2, -0.15) is 0 Å². The second kappa shape index (κ2) is 8.20. The lowest BCUT2D eigenvalue weighted by Crippen LogP contribution is -2.19. The predicted octanol–water partition coefficient (Wildman–Crippen LogP) is 6.25. The molecule has 0 saturated heterocycles. The second-order valence-corrected chi connectivity index (χ2v) is 9.51. The van der Waals surface area contributed by atoms with Gasteiger partial charge in [-0.25, -0.2) is 9.37 Å². The van der Waals surface area contributed by atoms with Gasteiger partial charge in [-0.15, -0.1) is 0 Å². The maximum atomic E-state index is 14.1. The second-order valence-electron chi connectivity index (χ2n) is 6.08. The molecule has 2 aromatic carbocycles. The molecule has 2 aromatic heterocycles. The third kappa shape index (κ3) is 3.87. The first-order valence-corrected chi connectivity index (χ1v) is 11.3. The predicted molar refractivity (Wildman–Crippen MR) is 121 cm³/mol. The number of benzene rings is 2. The summed E-state index contributed by atoms with van der Waals surface area (Å²) >= 11 is 20.0. The summed E-state index contributed by atoms with van der Waals surface area (Å²) in [5.41, 5.74) is 1.39. The monoisotopic (exact) mass is 483 g/mol. The Balaban J connectivity index is 1.82. The highest BCUT2D eigenvalue weighted by Gasteiger charge is 2.17. The minimum Gasteiger partial charge on any atom is -0.289 e. The fourth-order valence-electron chi connectivity index (χ4n) is 2.77. The third-order valence-corrected chi connectivity index (χ3v) is 7.28. The minimum atomic E-state index is -0.393. The number of thioether (sulfide) groups is 1. The summed E-state index contributed by atoms with van der Waals surface area (Å²) in [7, 11) is 1.63. The van der Waals surface area contributed by atoms with Gasteiger partial charge in [0.2, 0.25) is 0 Å². The molecule has 0 saturated carbocycles. The van der Waals surface area contributed by atoms with E-state index in [4.69, 9.17) is 35.4 Å². The van der Waals surface area contributed by atoms with Gasteiger partial charge < -0.3 is 0 Å². The summed E-state index contributed by atoms with van der Waals surface area (Å²) in [6, 6.07) is 11.7. The van der Waals surface area contributed by atoms with Gasteiger partial charge in [-0.05, 0) is 48.6 Å². The van der Waals surface area contributed by atoms with E-state index in [2.05, 4.69) is 4.98 Å². The highest BCUT2D eigenvalue weighted by Crippen LogP contribution is 2.30. The van der Waals surface area contributed by atoms with Crippen LogP contribution < -0.4 is 5.56 Å². The van der Waals surface area contributed by atoms with Crippen molar-refractivity contribution in [3.63, 3.8) is 0 Å². The minimum absolute atomic E-state index is 0.207. The van der Waals surface area contributed by atoms with Crippen molar-refractivity contribution in [1.29, 1.82) is 0 Å². The van der Waals surface area contributed by atoms with Crippen LogP contribution in [0.4, 0.5) is 4.39 Å². The standard InChI is InChI=1S/C19H12Cl2FN3OS3/c1-24-17(26)15-16(25(19(27)29-15)11-7-5-10(20)6-8-11)23-18(24)28-9-12-13(21)3-2-4-14(12)22/h2-8H,9H2,1H3. The van der Waals surface area contributed by atoms with Crippen LogP contribution >= 0.6 is 58.5 Å². The summed E-state index contributed by atoms with van der Waals surface area (Å²) in [5, 5.41) is 1.38. The molecule has 0 N–H and O–H groups in total. The fraction of sp³-hybridized carbons (Fsp3) is 0.105. The topological polar surface area (TPSA) is 39.8 Å². The third-order valence-electron chi connectivity index (χ3n) is 4.27. The van der Waals surface area contributed by atoms with E-state index >= 15 is 0 Å². The molecule has 0 radical (unpaired) electrons. The SMILES string of the molecule is Cn1c(SCc2c(F)cccc2Cl)nc2c(sc(=S)n2-c2ccc(Cl)cc2)c1=O. The Labute approximate surface area is 188 Å². The molecule has 0 aliphatic heterocycles. The van der Waals surface area contributed by atoms with E-state index in [0.29, 0.717) is 35.1 Å². The van der Waals surface area contributed by atoms with Gasteiger partial charge in [-0.1, -0.05) is 52.4 Å². The summed E-state index contributed by atoms with van der Waals surface area (Å²) in [4.78, 5) is 17.5. The molecule has 0 aliphatic carbocycles. The molecule has 4 rings (SSSR count). The number of hydrogen-bond acceptors (Lipinski definition) is 5. The summed E-state index contributed by atoms with van der Waals surface area (Å²) in [6.45, 7) is 0. The molecule has 0 fully saturated rings. The number of aromatic nitrogens is 3. The molecule has 0 bridgehead atoms. The summed E-state index contributed by atoms with van der Waals surface area (Å²) < 4.78 is 18.2. The Morgan fingerprint density at radius 1 is 1.21 bits per heavy atom. The molecule has 0 atom stereocenters. The number of nitrogens with zero attached hydrogens (tertiary/aromatic N) is 3. The number of fused-ring (bicyclic) bond motifs is 1. The Morgan fingerprint density at radius 2 is 1.93 bits per heavy atom. The van der Waals surface area contributed by atoms with E-state index in [1.54, 1.807) is 35.9 Å². The van der Waals surface area contributed by atoms with Crippen molar-refractivity contribution in [2.75, 3.05) is 0 Å². The van der Waals surface area contributed by atoms with Gasteiger partial charge in [0.15, 0.2) is 14.8 Å². The fourth-order valence-corrected chi connectivity index (χ4v) is 5.55. The van der Waals surface area contributed by atoms with Crippen LogP contribution in [0.5, 0.6) is 0 Å². The van der Waals surface area contributed by atoms with Gasteiger partial charge in [-0.3, -0.25) is 13.9 Å². The van der Waals surface area contributed by atoms with Crippen LogP contribution in [0.3, 0.4) is 0 Å². The van der Waals surface area contributed by atoms with Crippen molar-refractivity contribution >= 4 is 68.9 Å². The maximum Gasteiger partial charge on any atom is 0.273 e. The van der Waals surface area contributed by atoms with Crippen molar-refractivity contribution in [1.82, 2.24) is 14.1 Å². The highest BCUT2D eigenvalue weighted by molar-refractivity contribution is 7.98. The normalized spacial score (nSPS) is 11.3. The van der Waals surface area contributed by atoms with Crippen LogP contribution in [0.25, 0.3) is 16.0 Å². The van der Waals surface area contributed by atoms with Crippen LogP contribution in [-0.4, -0.2) is 14.1 Å². The molecule has 0 aliphatic rings. The number of halogens is 3. The highest BCUT2D eigenvalue weighted by atomic mass is 35.5. The first-order valence-electron chi connectivity index (χ1n) is 8.31. The van der Waals surface area contributed by atoms with Gasteiger partial charge in [0.1, 0.15) is 10.5 Å². The van der Waals surface area contributed by atoms with Crippen molar-refractivity contribution in [2.45, 2.75) is 10.9 Å². The molecular formula is C19H12Cl2FN3OS3. The molecular weight excluding hydrogens is 472 g/mol. The molecule has 2 heterocycles. The van der Waals surface area contributed by atoms with Crippen LogP contribution in [0.15, 0.2) is 52.4 Å². The molecule has 0 unspecified atom stereocenters. The van der Waals surface area contributed by atoms with Crippen molar-refractivity contribution in [2.24, 2.45) is 7.05 Å². The van der Waals surface area contributed by atoms with Crippen LogP contribution in [-0.2, 0) is 12.8 Å². The lowest BCUT2D eigenvalue weighted by molar-refractivity contribution is 0.617. The quantitative estimate of drug-likeness (QED) is 0.195. The van der Waals surface area contributed by atoms with Gasteiger partial charge >= 0.3 is 0 Å². The summed E-state index contributed by atoms with van der Waals surface area (Å²) in [5.74, 6) is -0.154. The van der Waals surface area contributed by atoms with Crippen molar-refractivity contribution in [3.05, 3.63) is 78.2 Å². The number of rotatable bonds is 4. The molecule has 4 aromatic rings. The summed E-state index contributed by atoms with van der Waals surface area (Å²) in [6.07, 6.45) is 0. The van der Waals surface area contributed by atoms with Crippen LogP contribution in [0.1, 0.15) is 5.56 Å². The lowest BCUT2D eigenvalue weighted by atomic mass is 10.2. The van der Waals surface area contributed by atoms with E-state index in [9.17, 15) is 9.18 Å². The Hall–Kier alpha value is -1.71. The largest absolute Gasteiger partial charge is 0.289 e. The van der Waals surface area contributed by atoms with E-state index in [1.165, 1.54) is 33.7 Å². The number of hydrogen-bond donors (Lipinski definition) is 0. The Morgan fingerprint density at radius 3 is 2.62 bits per heavy atom. The molecule has 148 valence electrons. The van der Waals surface area contributed by atoms with Gasteiger partial charge in [0.25, 0.3) is 5.56 Å². The maximum absolute atomic E-state index is 14.1. The molecule has 0 spiro atoms. The van der Waals surface area contributed by atoms with E-state index in [1.807, 2.05) is 12.1 Å². The zero-order chi connectivity index (χ0) is 20.7. The van der Waals surface area contributed by atoms with Gasteiger partial charge in [0, 0.05) is 34.1 Å². The zero-order valence-corrected chi connectivity index (χ0v) is 18.8. The van der Waals surface area contributed by atoms with E-state index in [-0.39, 0.29) is 11.3 Å². The molecule has 0 amide bonds. The van der Waals surface area contributed by atoms with Crippen LogP contribution in [0.2, 0.25) is 10.0 Å². The average molecular weight is 484 g/mol. The van der Waals surface area contributed by atoms with E-state index in [0.717, 1.165) is 5.69 Å². The zero-order valence-electron chi connectivity index (χ0n) is 14.9.